The largest absolute Gasteiger partial charge is 0.480 e. The molecule has 0 aliphatic heterocycles. The number of nitrogens with zero attached hydrogens (tertiary/aromatic N) is 1. The third-order valence-corrected chi connectivity index (χ3v) is 2.50. The van der Waals surface area contributed by atoms with Crippen molar-refractivity contribution in [3.05, 3.63) is 0 Å². The van der Waals surface area contributed by atoms with E-state index in [-0.39, 0.29) is 18.0 Å². The smallest absolute Gasteiger partial charge is 0.323 e. The van der Waals surface area contributed by atoms with Crippen LogP contribution in [-0.4, -0.2) is 40.6 Å². The molecule has 0 atom stereocenters. The third kappa shape index (κ3) is 7.14. The number of amides is 2. The predicted molar refractivity (Wildman–Crippen MR) is 71.6 cm³/mol. The molecule has 0 bridgehead atoms. The van der Waals surface area contributed by atoms with Crippen LogP contribution in [0.2, 0.25) is 0 Å². The minimum absolute atomic E-state index is 0.145. The quantitative estimate of drug-likeness (QED) is 0.813. The van der Waals surface area contributed by atoms with Gasteiger partial charge >= 0.3 is 12.0 Å². The standard InChI is InChI=1S/C13H26N2O3/c1-12(2,3)7-8-14-11(18)15(9-10(16)17)13(4,5)6/h7-9H2,1-6H3,(H,14,18)(H,16,17). The lowest BCUT2D eigenvalue weighted by atomic mass is 9.92. The number of rotatable bonds is 4. The number of carboxylic acid groups (broad SMARTS) is 1. The molecule has 0 radical (unpaired) electrons. The molecule has 0 spiro atoms. The third-order valence-electron chi connectivity index (χ3n) is 2.50. The normalized spacial score (nSPS) is 12.1. The van der Waals surface area contributed by atoms with E-state index in [2.05, 4.69) is 26.1 Å². The Kier molecular flexibility index (Phi) is 5.64. The van der Waals surface area contributed by atoms with Gasteiger partial charge in [-0.2, -0.15) is 0 Å². The zero-order valence-corrected chi connectivity index (χ0v) is 12.3. The fourth-order valence-electron chi connectivity index (χ4n) is 1.39. The van der Waals surface area contributed by atoms with Crippen LogP contribution in [-0.2, 0) is 4.79 Å². The van der Waals surface area contributed by atoms with Crippen molar-refractivity contribution in [2.24, 2.45) is 5.41 Å². The molecule has 2 amide bonds. The molecule has 5 nitrogen and oxygen atoms in total. The topological polar surface area (TPSA) is 69.6 Å². The minimum atomic E-state index is -1.00. The summed E-state index contributed by atoms with van der Waals surface area (Å²) in [7, 11) is 0. The highest BCUT2D eigenvalue weighted by atomic mass is 16.4. The molecule has 0 unspecified atom stereocenters. The Morgan fingerprint density at radius 3 is 1.94 bits per heavy atom. The second-order valence-corrected chi connectivity index (χ2v) is 6.69. The first-order chi connectivity index (χ1) is 7.93. The van der Waals surface area contributed by atoms with Crippen molar-refractivity contribution >= 4 is 12.0 Å². The first-order valence-corrected chi connectivity index (χ1v) is 6.21. The molecule has 0 fully saturated rings. The van der Waals surface area contributed by atoms with Gasteiger partial charge in [0.1, 0.15) is 6.54 Å². The molecule has 0 rings (SSSR count). The number of hydrogen-bond donors (Lipinski definition) is 2. The average molecular weight is 258 g/mol. The van der Waals surface area contributed by atoms with E-state index in [9.17, 15) is 9.59 Å². The molecule has 0 aromatic heterocycles. The van der Waals surface area contributed by atoms with Crippen LogP contribution in [0.3, 0.4) is 0 Å². The Labute approximate surface area is 110 Å². The molecule has 0 aromatic rings. The van der Waals surface area contributed by atoms with Crippen LogP contribution in [0.4, 0.5) is 4.79 Å². The van der Waals surface area contributed by atoms with Crippen molar-refractivity contribution in [1.82, 2.24) is 10.2 Å². The van der Waals surface area contributed by atoms with Crippen molar-refractivity contribution < 1.29 is 14.7 Å². The summed E-state index contributed by atoms with van der Waals surface area (Å²) in [5, 5.41) is 11.6. The lowest BCUT2D eigenvalue weighted by Gasteiger charge is -2.34. The molecular weight excluding hydrogens is 232 g/mol. The van der Waals surface area contributed by atoms with Gasteiger partial charge in [-0.05, 0) is 32.6 Å². The summed E-state index contributed by atoms with van der Waals surface area (Å²) in [6.07, 6.45) is 0.851. The molecule has 0 aromatic carbocycles. The van der Waals surface area contributed by atoms with Crippen LogP contribution < -0.4 is 5.32 Å². The van der Waals surface area contributed by atoms with Crippen LogP contribution >= 0.6 is 0 Å². The number of carbonyl (C=O) groups is 2. The maximum atomic E-state index is 12.0. The van der Waals surface area contributed by atoms with E-state index < -0.39 is 11.5 Å². The molecular formula is C13H26N2O3. The van der Waals surface area contributed by atoms with Crippen LogP contribution in [0, 0.1) is 5.41 Å². The zero-order valence-electron chi connectivity index (χ0n) is 12.3. The molecule has 5 heteroatoms. The first-order valence-electron chi connectivity index (χ1n) is 6.21. The fraction of sp³-hybridized carbons (Fsp3) is 0.846. The Bertz CT molecular complexity index is 300. The second kappa shape index (κ2) is 6.07. The molecule has 0 aliphatic carbocycles. The first kappa shape index (κ1) is 16.7. The van der Waals surface area contributed by atoms with Gasteiger partial charge in [0.2, 0.25) is 0 Å². The summed E-state index contributed by atoms with van der Waals surface area (Å²) in [6.45, 7) is 12.0. The van der Waals surface area contributed by atoms with Gasteiger partial charge in [-0.1, -0.05) is 20.8 Å². The fourth-order valence-corrected chi connectivity index (χ4v) is 1.39. The Hall–Kier alpha value is -1.26. The Morgan fingerprint density at radius 2 is 1.61 bits per heavy atom. The monoisotopic (exact) mass is 258 g/mol. The van der Waals surface area contributed by atoms with Crippen LogP contribution in [0.25, 0.3) is 0 Å². The SMILES string of the molecule is CC(C)(C)CCNC(=O)N(CC(=O)O)C(C)(C)C. The number of carbonyl (C=O) groups excluding carboxylic acids is 1. The minimum Gasteiger partial charge on any atom is -0.480 e. The molecule has 18 heavy (non-hydrogen) atoms. The van der Waals surface area contributed by atoms with Crippen LogP contribution in [0.5, 0.6) is 0 Å². The van der Waals surface area contributed by atoms with E-state index in [0.717, 1.165) is 6.42 Å². The number of carboxylic acids is 1. The van der Waals surface area contributed by atoms with Gasteiger partial charge in [0, 0.05) is 12.1 Å². The van der Waals surface area contributed by atoms with Crippen molar-refractivity contribution in [2.45, 2.75) is 53.5 Å². The highest BCUT2D eigenvalue weighted by molar-refractivity contribution is 5.80. The van der Waals surface area contributed by atoms with E-state index in [1.807, 2.05) is 20.8 Å². The van der Waals surface area contributed by atoms with Gasteiger partial charge in [0.05, 0.1) is 0 Å². The van der Waals surface area contributed by atoms with Crippen molar-refractivity contribution in [1.29, 1.82) is 0 Å². The number of aliphatic carboxylic acids is 1. The number of nitrogens with one attached hydrogen (secondary N) is 1. The highest BCUT2D eigenvalue weighted by Gasteiger charge is 2.28. The number of urea groups is 1. The summed E-state index contributed by atoms with van der Waals surface area (Å²) < 4.78 is 0. The van der Waals surface area contributed by atoms with E-state index in [1.165, 1.54) is 4.90 Å². The zero-order chi connectivity index (χ0) is 14.6. The van der Waals surface area contributed by atoms with E-state index in [0.29, 0.717) is 6.54 Å². The molecule has 0 heterocycles. The molecule has 0 aliphatic rings. The predicted octanol–water partition coefficient (Wildman–Crippen LogP) is 2.32. The lowest BCUT2D eigenvalue weighted by molar-refractivity contribution is -0.138. The molecule has 106 valence electrons. The van der Waals surface area contributed by atoms with Crippen molar-refractivity contribution in [3.63, 3.8) is 0 Å². The Morgan fingerprint density at radius 1 is 1.11 bits per heavy atom. The average Bonchev–Trinajstić information content (AvgIpc) is 2.09. The lowest BCUT2D eigenvalue weighted by Crippen LogP contribution is -2.52. The maximum Gasteiger partial charge on any atom is 0.323 e. The summed E-state index contributed by atoms with van der Waals surface area (Å²) in [6, 6.07) is -0.325. The summed E-state index contributed by atoms with van der Waals surface area (Å²) >= 11 is 0. The summed E-state index contributed by atoms with van der Waals surface area (Å²) in [5.41, 5.74) is -0.364. The van der Waals surface area contributed by atoms with Gasteiger partial charge in [-0.25, -0.2) is 4.79 Å². The van der Waals surface area contributed by atoms with Gasteiger partial charge in [0.25, 0.3) is 0 Å². The molecule has 0 saturated heterocycles. The van der Waals surface area contributed by atoms with E-state index in [1.54, 1.807) is 0 Å². The van der Waals surface area contributed by atoms with Crippen molar-refractivity contribution in [2.75, 3.05) is 13.1 Å². The Balaban J connectivity index is 4.45. The van der Waals surface area contributed by atoms with Gasteiger partial charge in [-0.15, -0.1) is 0 Å². The molecule has 0 saturated carbocycles. The number of hydrogen-bond acceptors (Lipinski definition) is 2. The van der Waals surface area contributed by atoms with E-state index >= 15 is 0 Å². The van der Waals surface area contributed by atoms with Gasteiger partial charge in [0.15, 0.2) is 0 Å². The van der Waals surface area contributed by atoms with Crippen LogP contribution in [0.15, 0.2) is 0 Å². The molecule has 2 N–H and O–H groups in total. The van der Waals surface area contributed by atoms with Crippen molar-refractivity contribution in [3.8, 4) is 0 Å². The summed E-state index contributed by atoms with van der Waals surface area (Å²) in [5.74, 6) is -1.00. The van der Waals surface area contributed by atoms with Gasteiger partial charge < -0.3 is 15.3 Å². The van der Waals surface area contributed by atoms with E-state index in [4.69, 9.17) is 5.11 Å². The second-order valence-electron chi connectivity index (χ2n) is 6.69. The summed E-state index contributed by atoms with van der Waals surface area (Å²) in [4.78, 5) is 24.1. The van der Waals surface area contributed by atoms with Crippen LogP contribution in [0.1, 0.15) is 48.0 Å². The maximum absolute atomic E-state index is 12.0. The van der Waals surface area contributed by atoms with Gasteiger partial charge in [-0.3, -0.25) is 4.79 Å². The highest BCUT2D eigenvalue weighted by Crippen LogP contribution is 2.17.